The van der Waals surface area contributed by atoms with Crippen LogP contribution in [0.1, 0.15) is 11.1 Å². The molecule has 0 aliphatic carbocycles. The van der Waals surface area contributed by atoms with Crippen LogP contribution in [0.15, 0.2) is 41.3 Å². The lowest BCUT2D eigenvalue weighted by atomic mass is 10.1. The molecule has 0 unspecified atom stereocenters. The number of nitrogens with two attached hydrogens (primary N) is 1. The van der Waals surface area contributed by atoms with E-state index in [2.05, 4.69) is 5.10 Å². The highest BCUT2D eigenvalue weighted by atomic mass is 32.2. The molecule has 6 nitrogen and oxygen atoms in total. The van der Waals surface area contributed by atoms with Crippen molar-refractivity contribution >= 4 is 26.7 Å². The molecule has 2 heterocycles. The van der Waals surface area contributed by atoms with Gasteiger partial charge in [0.05, 0.1) is 16.1 Å². The third kappa shape index (κ3) is 2.85. The van der Waals surface area contributed by atoms with E-state index in [9.17, 15) is 17.2 Å². The average Bonchev–Trinajstić information content (AvgIpc) is 3.16. The van der Waals surface area contributed by atoms with Crippen molar-refractivity contribution in [2.45, 2.75) is 31.1 Å². The number of hydrogen-bond donors (Lipinski definition) is 1. The fourth-order valence-corrected chi connectivity index (χ4v) is 5.16. The monoisotopic (exact) mass is 406 g/mol. The summed E-state index contributed by atoms with van der Waals surface area (Å²) >= 11 is 0. The minimum absolute atomic E-state index is 0.00401. The molecule has 2 aromatic carbocycles. The number of aryl methyl sites for hydroxylation is 2. The smallest absolute Gasteiger partial charge is 0.243 e. The average molecular weight is 406 g/mol. The first kappa shape index (κ1) is 18.8. The third-order valence-electron chi connectivity index (χ3n) is 5.13. The summed E-state index contributed by atoms with van der Waals surface area (Å²) in [5.41, 5.74) is 9.21. The van der Waals surface area contributed by atoms with Crippen molar-refractivity contribution in [1.82, 2.24) is 14.1 Å². The predicted molar refractivity (Wildman–Crippen MR) is 104 cm³/mol. The van der Waals surface area contributed by atoms with Gasteiger partial charge in [0, 0.05) is 18.5 Å². The van der Waals surface area contributed by atoms with Gasteiger partial charge in [-0.2, -0.15) is 4.31 Å². The van der Waals surface area contributed by atoms with E-state index in [1.165, 1.54) is 12.1 Å². The number of hydrogen-bond acceptors (Lipinski definition) is 4. The van der Waals surface area contributed by atoms with E-state index in [0.29, 0.717) is 17.1 Å². The zero-order valence-corrected chi connectivity index (χ0v) is 16.2. The maximum Gasteiger partial charge on any atom is 0.243 e. The minimum Gasteiger partial charge on any atom is -0.382 e. The quantitative estimate of drug-likeness (QED) is 0.725. The molecule has 0 amide bonds. The summed E-state index contributed by atoms with van der Waals surface area (Å²) in [6, 6.07) is 10.3. The fraction of sp³-hybridized carbons (Fsp3) is 0.316. The third-order valence-corrected chi connectivity index (χ3v) is 6.95. The molecule has 1 aliphatic rings. The Balaban J connectivity index is 1.77. The van der Waals surface area contributed by atoms with Crippen LogP contribution in [0.25, 0.3) is 16.6 Å². The molecule has 4 rings (SSSR count). The number of rotatable bonds is 3. The van der Waals surface area contributed by atoms with Gasteiger partial charge in [-0.25, -0.2) is 21.9 Å². The summed E-state index contributed by atoms with van der Waals surface area (Å²) in [5, 5.41) is 5.25. The standard InChI is InChI=1S/C19H20F2N4O2S/c1-11-4-3-5-17-18(11)19(22)23-25(17)16-7-6-13(8-12(16)2)28(26,27)24-9-14(20)15(21)10-24/h3-8,14-15H,9-10H2,1-2H3,(H2,22,23)/t14-,15+. The Kier molecular flexibility index (Phi) is 4.39. The van der Waals surface area contributed by atoms with Gasteiger partial charge in [0.25, 0.3) is 0 Å². The van der Waals surface area contributed by atoms with Crippen LogP contribution in [-0.2, 0) is 10.0 Å². The second-order valence-electron chi connectivity index (χ2n) is 7.07. The Morgan fingerprint density at radius 1 is 1.07 bits per heavy atom. The van der Waals surface area contributed by atoms with Gasteiger partial charge in [-0.3, -0.25) is 0 Å². The van der Waals surface area contributed by atoms with Gasteiger partial charge in [0.1, 0.15) is 12.3 Å². The fourth-order valence-electron chi connectivity index (χ4n) is 3.62. The summed E-state index contributed by atoms with van der Waals surface area (Å²) in [4.78, 5) is -0.00401. The normalized spacial score (nSPS) is 20.9. The number of anilines is 1. The molecule has 1 saturated heterocycles. The number of halogens is 2. The molecule has 0 saturated carbocycles. The van der Waals surface area contributed by atoms with Crippen molar-refractivity contribution < 1.29 is 17.2 Å². The Morgan fingerprint density at radius 2 is 1.75 bits per heavy atom. The van der Waals surface area contributed by atoms with E-state index in [1.54, 1.807) is 17.7 Å². The molecule has 1 fully saturated rings. The number of alkyl halides is 2. The van der Waals surface area contributed by atoms with E-state index in [4.69, 9.17) is 5.73 Å². The summed E-state index contributed by atoms with van der Waals surface area (Å²) in [5.74, 6) is 0.393. The number of nitrogen functional groups attached to an aromatic ring is 1. The van der Waals surface area contributed by atoms with Gasteiger partial charge < -0.3 is 5.73 Å². The van der Waals surface area contributed by atoms with Gasteiger partial charge in [0.2, 0.25) is 10.0 Å². The van der Waals surface area contributed by atoms with Crippen molar-refractivity contribution in [3.05, 3.63) is 47.5 Å². The molecule has 9 heteroatoms. The van der Waals surface area contributed by atoms with E-state index < -0.39 is 35.5 Å². The van der Waals surface area contributed by atoms with Crippen molar-refractivity contribution in [3.8, 4) is 5.69 Å². The molecule has 28 heavy (non-hydrogen) atoms. The summed E-state index contributed by atoms with van der Waals surface area (Å²) in [6.07, 6.45) is -3.59. The zero-order chi connectivity index (χ0) is 20.2. The molecular formula is C19H20F2N4O2S. The molecule has 3 aromatic rings. The van der Waals surface area contributed by atoms with Crippen LogP contribution in [0, 0.1) is 13.8 Å². The summed E-state index contributed by atoms with van der Waals surface area (Å²) in [7, 11) is -3.97. The van der Waals surface area contributed by atoms with Gasteiger partial charge in [-0.1, -0.05) is 12.1 Å². The topological polar surface area (TPSA) is 81.2 Å². The molecular weight excluding hydrogens is 386 g/mol. The molecule has 0 bridgehead atoms. The largest absolute Gasteiger partial charge is 0.382 e. The zero-order valence-electron chi connectivity index (χ0n) is 15.4. The van der Waals surface area contributed by atoms with Crippen molar-refractivity contribution in [2.75, 3.05) is 18.8 Å². The van der Waals surface area contributed by atoms with Crippen LogP contribution < -0.4 is 5.73 Å². The molecule has 2 N–H and O–H groups in total. The van der Waals surface area contributed by atoms with Gasteiger partial charge in [-0.15, -0.1) is 5.10 Å². The van der Waals surface area contributed by atoms with Crippen LogP contribution in [0.4, 0.5) is 14.6 Å². The molecule has 0 spiro atoms. The lowest BCUT2D eigenvalue weighted by molar-refractivity contribution is 0.217. The van der Waals surface area contributed by atoms with Crippen LogP contribution >= 0.6 is 0 Å². The second-order valence-corrected chi connectivity index (χ2v) is 9.01. The van der Waals surface area contributed by atoms with E-state index in [-0.39, 0.29) is 4.90 Å². The van der Waals surface area contributed by atoms with Crippen molar-refractivity contribution in [2.24, 2.45) is 0 Å². The number of benzene rings is 2. The van der Waals surface area contributed by atoms with Crippen LogP contribution in [-0.4, -0.2) is 47.9 Å². The Hall–Kier alpha value is -2.52. The first-order chi connectivity index (χ1) is 13.2. The highest BCUT2D eigenvalue weighted by Crippen LogP contribution is 2.30. The van der Waals surface area contributed by atoms with E-state index >= 15 is 0 Å². The highest BCUT2D eigenvalue weighted by Gasteiger charge is 2.40. The maximum absolute atomic E-state index is 13.5. The highest BCUT2D eigenvalue weighted by molar-refractivity contribution is 7.89. The minimum atomic E-state index is -3.97. The Labute approximate surface area is 161 Å². The number of sulfonamides is 1. The maximum atomic E-state index is 13.5. The van der Waals surface area contributed by atoms with E-state index in [0.717, 1.165) is 20.8 Å². The lowest BCUT2D eigenvalue weighted by Gasteiger charge is -2.16. The van der Waals surface area contributed by atoms with Crippen LogP contribution in [0.5, 0.6) is 0 Å². The first-order valence-electron chi connectivity index (χ1n) is 8.83. The van der Waals surface area contributed by atoms with Gasteiger partial charge in [-0.05, 0) is 49.2 Å². The molecule has 1 aliphatic heterocycles. The molecule has 2 atom stereocenters. The molecule has 0 radical (unpaired) electrons. The Bertz CT molecular complexity index is 1170. The first-order valence-corrected chi connectivity index (χ1v) is 10.3. The predicted octanol–water partition coefficient (Wildman–Crippen LogP) is 2.91. The van der Waals surface area contributed by atoms with E-state index in [1.807, 2.05) is 25.1 Å². The number of fused-ring (bicyclic) bond motifs is 1. The number of nitrogens with zero attached hydrogens (tertiary/aromatic N) is 3. The number of aromatic nitrogens is 2. The second kappa shape index (κ2) is 6.52. The van der Waals surface area contributed by atoms with Gasteiger partial charge in [0.15, 0.2) is 5.82 Å². The SMILES string of the molecule is Cc1cc(S(=O)(=O)N2C[C@@H](F)[C@@H](F)C2)ccc1-n1nc(N)c2c(C)cccc21. The van der Waals surface area contributed by atoms with Crippen molar-refractivity contribution in [1.29, 1.82) is 0 Å². The molecule has 148 valence electrons. The van der Waals surface area contributed by atoms with Crippen molar-refractivity contribution in [3.63, 3.8) is 0 Å². The lowest BCUT2D eigenvalue weighted by Crippen LogP contribution is -2.29. The van der Waals surface area contributed by atoms with Gasteiger partial charge >= 0.3 is 0 Å². The van der Waals surface area contributed by atoms with Crippen LogP contribution in [0.3, 0.4) is 0 Å². The Morgan fingerprint density at radius 3 is 2.39 bits per heavy atom. The summed E-state index contributed by atoms with van der Waals surface area (Å²) in [6.45, 7) is 2.77. The molecule has 1 aromatic heterocycles. The van der Waals surface area contributed by atoms with Crippen LogP contribution in [0.2, 0.25) is 0 Å². The summed E-state index contributed by atoms with van der Waals surface area (Å²) < 4.78 is 54.9.